The van der Waals surface area contributed by atoms with Crippen molar-refractivity contribution in [2.75, 3.05) is 0 Å². The Morgan fingerprint density at radius 1 is 1.05 bits per heavy atom. The van der Waals surface area contributed by atoms with E-state index in [2.05, 4.69) is 0 Å². The molecule has 116 valence electrons. The fourth-order valence-corrected chi connectivity index (χ4v) is 4.51. The van der Waals surface area contributed by atoms with E-state index in [0.717, 1.165) is 37.3 Å². The Kier molecular flexibility index (Phi) is 4.70. The number of carbonyl (C=O) groups is 1. The second kappa shape index (κ2) is 6.53. The predicted octanol–water partition coefficient (Wildman–Crippen LogP) is 4.76. The smallest absolute Gasteiger partial charge is 0.309 e. The van der Waals surface area contributed by atoms with Crippen LogP contribution in [-0.4, -0.2) is 18.5 Å². The van der Waals surface area contributed by atoms with Crippen LogP contribution in [0.25, 0.3) is 0 Å². The number of hydrogen-bond acceptors (Lipinski definition) is 2. The van der Waals surface area contributed by atoms with Crippen molar-refractivity contribution in [1.29, 1.82) is 0 Å². The monoisotopic (exact) mass is 310 g/mol. The summed E-state index contributed by atoms with van der Waals surface area (Å²) in [5.41, 5.74) is 0. The van der Waals surface area contributed by atoms with Crippen LogP contribution in [-0.2, 0) is 10.7 Å². The summed E-state index contributed by atoms with van der Waals surface area (Å²) in [6, 6.07) is 4.68. The first-order valence-electron chi connectivity index (χ1n) is 8.31. The Hall–Kier alpha value is -0.800. The lowest BCUT2D eigenvalue weighted by Crippen LogP contribution is -2.61. The predicted molar refractivity (Wildman–Crippen MR) is 85.3 cm³/mol. The van der Waals surface area contributed by atoms with Gasteiger partial charge in [0.25, 0.3) is 0 Å². The highest BCUT2D eigenvalue weighted by Gasteiger charge is 2.49. The molecule has 21 heavy (non-hydrogen) atoms. The lowest BCUT2D eigenvalue weighted by molar-refractivity contribution is -0.123. The summed E-state index contributed by atoms with van der Waals surface area (Å²) in [5, 5.41) is 0. The van der Waals surface area contributed by atoms with E-state index in [1.54, 1.807) is 0 Å². The van der Waals surface area contributed by atoms with Gasteiger partial charge in [0, 0.05) is 31.7 Å². The first-order chi connectivity index (χ1) is 10.3. The van der Waals surface area contributed by atoms with Gasteiger partial charge in [-0.05, 0) is 31.7 Å². The van der Waals surface area contributed by atoms with Crippen LogP contribution in [0.1, 0.15) is 63.5 Å². The molecule has 0 bridgehead atoms. The van der Waals surface area contributed by atoms with Crippen LogP contribution >= 0.6 is 11.6 Å². The normalized spacial score (nSPS) is 24.0. The van der Waals surface area contributed by atoms with Gasteiger partial charge < -0.3 is 4.42 Å². The van der Waals surface area contributed by atoms with Crippen LogP contribution in [0.5, 0.6) is 0 Å². The van der Waals surface area contributed by atoms with Crippen LogP contribution in [0.3, 0.4) is 0 Å². The molecular formula is C17H25ClNO2+. The van der Waals surface area contributed by atoms with Crippen molar-refractivity contribution in [1.82, 2.24) is 4.48 Å². The summed E-state index contributed by atoms with van der Waals surface area (Å²) < 4.78 is 6.38. The third-order valence-corrected chi connectivity index (χ3v) is 5.71. The lowest BCUT2D eigenvalue weighted by atomic mass is 9.90. The fourth-order valence-electron chi connectivity index (χ4n) is 4.37. The largest absolute Gasteiger partial charge is 0.416 e. The maximum Gasteiger partial charge on any atom is 0.309 e. The van der Waals surface area contributed by atoms with E-state index in [4.69, 9.17) is 16.0 Å². The maximum absolute atomic E-state index is 12.3. The van der Waals surface area contributed by atoms with Gasteiger partial charge in [-0.2, -0.15) is 4.48 Å². The second-order valence-electron chi connectivity index (χ2n) is 6.54. The molecule has 2 aliphatic rings. The molecule has 1 aromatic rings. The molecule has 1 heterocycles. The van der Waals surface area contributed by atoms with E-state index in [0.29, 0.717) is 22.4 Å². The van der Waals surface area contributed by atoms with Crippen molar-refractivity contribution in [3.63, 3.8) is 0 Å². The summed E-state index contributed by atoms with van der Waals surface area (Å²) in [6.07, 6.45) is 11.9. The van der Waals surface area contributed by atoms with Gasteiger partial charge in [-0.25, -0.2) is 4.79 Å². The molecular weight excluding hydrogens is 286 g/mol. The molecule has 1 aromatic heterocycles. The summed E-state index contributed by atoms with van der Waals surface area (Å²) in [5.74, 6) is 1.96. The van der Waals surface area contributed by atoms with E-state index in [1.165, 1.54) is 38.5 Å². The van der Waals surface area contributed by atoms with E-state index in [9.17, 15) is 4.79 Å². The summed E-state index contributed by atoms with van der Waals surface area (Å²) >= 11 is 5.89. The molecule has 3 rings (SSSR count). The summed E-state index contributed by atoms with van der Waals surface area (Å²) in [4.78, 5) is 12.3. The number of quaternary nitrogens is 1. The highest BCUT2D eigenvalue weighted by atomic mass is 35.5. The molecule has 2 saturated carbocycles. The first-order valence-corrected chi connectivity index (χ1v) is 8.84. The number of rotatable bonds is 5. The molecule has 2 aliphatic carbocycles. The molecule has 1 atom stereocenters. The van der Waals surface area contributed by atoms with E-state index in [1.807, 2.05) is 12.1 Å². The molecule has 1 amide bonds. The van der Waals surface area contributed by atoms with Crippen LogP contribution in [0, 0.1) is 0 Å². The molecule has 0 aliphatic heterocycles. The Bertz CT molecular complexity index is 475. The molecule has 2 fully saturated rings. The number of alkyl halides is 1. The average Bonchev–Trinajstić information content (AvgIpc) is 3.22. The molecule has 3 nitrogen and oxygen atoms in total. The van der Waals surface area contributed by atoms with Crippen LogP contribution in [0.2, 0.25) is 0 Å². The van der Waals surface area contributed by atoms with E-state index < -0.39 is 0 Å². The van der Waals surface area contributed by atoms with Crippen LogP contribution in [0.4, 0.5) is 5.88 Å². The second-order valence-corrected chi connectivity index (χ2v) is 6.81. The SMILES string of the molecule is O=C[N+](c1ccc(CCl)o1)(C1CCCCC1)C1CCCC1. The van der Waals surface area contributed by atoms with Gasteiger partial charge >= 0.3 is 12.3 Å². The number of halogens is 1. The Balaban J connectivity index is 2.00. The average molecular weight is 311 g/mol. The van der Waals surface area contributed by atoms with Gasteiger partial charge in [0.15, 0.2) is 0 Å². The zero-order valence-corrected chi connectivity index (χ0v) is 13.4. The maximum atomic E-state index is 12.3. The third-order valence-electron chi connectivity index (χ3n) is 5.44. The number of nitrogens with zero attached hydrogens (tertiary/aromatic N) is 1. The molecule has 0 spiro atoms. The summed E-state index contributed by atoms with van der Waals surface area (Å²) in [6.45, 7) is 0. The van der Waals surface area contributed by atoms with E-state index in [-0.39, 0.29) is 0 Å². The minimum atomic E-state index is 0.369. The quantitative estimate of drug-likeness (QED) is 0.446. The van der Waals surface area contributed by atoms with Gasteiger partial charge in [0.05, 0.1) is 5.88 Å². The Morgan fingerprint density at radius 3 is 2.10 bits per heavy atom. The number of hydrogen-bond donors (Lipinski definition) is 0. The summed E-state index contributed by atoms with van der Waals surface area (Å²) in [7, 11) is 0. The van der Waals surface area contributed by atoms with Gasteiger partial charge in [-0.3, -0.25) is 0 Å². The number of amides is 1. The van der Waals surface area contributed by atoms with Crippen LogP contribution < -0.4 is 4.48 Å². The minimum absolute atomic E-state index is 0.369. The van der Waals surface area contributed by atoms with Gasteiger partial charge in [-0.15, -0.1) is 11.6 Å². The van der Waals surface area contributed by atoms with Crippen molar-refractivity contribution >= 4 is 23.9 Å². The van der Waals surface area contributed by atoms with Gasteiger partial charge in [0.1, 0.15) is 17.8 Å². The zero-order valence-electron chi connectivity index (χ0n) is 12.6. The van der Waals surface area contributed by atoms with Gasteiger partial charge in [-0.1, -0.05) is 6.42 Å². The fraction of sp³-hybridized carbons (Fsp3) is 0.706. The number of carbonyl (C=O) groups excluding carboxylic acids is 1. The Labute approximate surface area is 131 Å². The van der Waals surface area contributed by atoms with E-state index >= 15 is 0 Å². The van der Waals surface area contributed by atoms with Crippen molar-refractivity contribution in [2.45, 2.75) is 75.8 Å². The molecule has 0 aromatic carbocycles. The zero-order chi connectivity index (χ0) is 14.7. The standard InChI is InChI=1S/C17H25ClNO2/c18-12-16-10-11-17(21-16)19(13-20,15-8-4-5-9-15)14-6-2-1-3-7-14/h10-11,13-15H,1-9,12H2/q+1. The molecule has 0 radical (unpaired) electrons. The first kappa shape index (κ1) is 15.1. The van der Waals surface area contributed by atoms with Crippen molar-refractivity contribution in [2.24, 2.45) is 0 Å². The van der Waals surface area contributed by atoms with Gasteiger partial charge in [0.2, 0.25) is 0 Å². The highest BCUT2D eigenvalue weighted by molar-refractivity contribution is 6.16. The molecule has 0 N–H and O–H groups in total. The van der Waals surface area contributed by atoms with Crippen molar-refractivity contribution < 1.29 is 9.21 Å². The molecule has 0 saturated heterocycles. The van der Waals surface area contributed by atoms with Crippen molar-refractivity contribution in [3.05, 3.63) is 17.9 Å². The number of furan rings is 1. The van der Waals surface area contributed by atoms with Crippen LogP contribution in [0.15, 0.2) is 16.5 Å². The van der Waals surface area contributed by atoms with Crippen molar-refractivity contribution in [3.8, 4) is 0 Å². The molecule has 4 heteroatoms. The Morgan fingerprint density at radius 2 is 1.62 bits per heavy atom. The highest BCUT2D eigenvalue weighted by Crippen LogP contribution is 2.41. The topological polar surface area (TPSA) is 30.2 Å². The molecule has 1 unspecified atom stereocenters. The minimum Gasteiger partial charge on any atom is -0.416 e. The third kappa shape index (κ3) is 2.66. The lowest BCUT2D eigenvalue weighted by Gasteiger charge is -2.42.